The van der Waals surface area contributed by atoms with Crippen molar-refractivity contribution in [3.05, 3.63) is 41.8 Å². The van der Waals surface area contributed by atoms with E-state index < -0.39 is 0 Å². The van der Waals surface area contributed by atoms with Gasteiger partial charge in [0.25, 0.3) is 0 Å². The van der Waals surface area contributed by atoms with Gasteiger partial charge in [-0.3, -0.25) is 9.88 Å². The van der Waals surface area contributed by atoms with Gasteiger partial charge < -0.3 is 4.52 Å². The van der Waals surface area contributed by atoms with Gasteiger partial charge in [-0.15, -0.1) is 0 Å². The molecule has 0 bridgehead atoms. The minimum absolute atomic E-state index is 0.280. The second-order valence-corrected chi connectivity index (χ2v) is 4.66. The summed E-state index contributed by atoms with van der Waals surface area (Å²) >= 11 is 0. The van der Waals surface area contributed by atoms with Crippen LogP contribution in [0.15, 0.2) is 29.0 Å². The van der Waals surface area contributed by atoms with Gasteiger partial charge in [-0.05, 0) is 31.0 Å². The molecule has 94 valence electrons. The molecule has 2 aromatic heterocycles. The van der Waals surface area contributed by atoms with Gasteiger partial charge >= 0.3 is 0 Å². The Bertz CT molecular complexity index is 511. The number of aryl methyl sites for hydroxylation is 1. The van der Waals surface area contributed by atoms with Crippen molar-refractivity contribution in [2.45, 2.75) is 32.4 Å². The molecule has 2 aromatic rings. The lowest BCUT2D eigenvalue weighted by molar-refractivity contribution is 0.234. The zero-order valence-corrected chi connectivity index (χ0v) is 10.4. The number of hydrogen-bond donors (Lipinski definition) is 0. The van der Waals surface area contributed by atoms with Crippen LogP contribution in [0.1, 0.15) is 36.2 Å². The number of rotatable bonds is 3. The second-order valence-electron chi connectivity index (χ2n) is 4.66. The van der Waals surface area contributed by atoms with Crippen molar-refractivity contribution in [2.24, 2.45) is 0 Å². The summed E-state index contributed by atoms with van der Waals surface area (Å²) in [4.78, 5) is 10.9. The third-order valence-corrected chi connectivity index (χ3v) is 3.31. The average Bonchev–Trinajstić information content (AvgIpc) is 2.99. The number of pyridine rings is 1. The summed E-state index contributed by atoms with van der Waals surface area (Å²) < 4.78 is 5.08. The van der Waals surface area contributed by atoms with Crippen molar-refractivity contribution in [2.75, 3.05) is 6.54 Å². The van der Waals surface area contributed by atoms with Crippen LogP contribution in [-0.4, -0.2) is 26.6 Å². The van der Waals surface area contributed by atoms with Gasteiger partial charge in [0, 0.05) is 25.9 Å². The minimum atomic E-state index is 0.280. The minimum Gasteiger partial charge on any atom is -0.340 e. The molecule has 1 atom stereocenters. The normalized spacial score (nSPS) is 20.4. The highest BCUT2D eigenvalue weighted by Crippen LogP contribution is 2.31. The fourth-order valence-electron chi connectivity index (χ4n) is 2.48. The summed E-state index contributed by atoms with van der Waals surface area (Å²) in [5.74, 6) is 1.45. The van der Waals surface area contributed by atoms with E-state index >= 15 is 0 Å². The Labute approximate surface area is 106 Å². The first-order valence-electron chi connectivity index (χ1n) is 6.26. The molecule has 0 amide bonds. The predicted molar refractivity (Wildman–Crippen MR) is 65.7 cm³/mol. The first kappa shape index (κ1) is 11.3. The van der Waals surface area contributed by atoms with E-state index in [0.29, 0.717) is 5.89 Å². The number of aromatic nitrogens is 3. The maximum absolute atomic E-state index is 5.08. The van der Waals surface area contributed by atoms with E-state index in [-0.39, 0.29) is 6.04 Å². The van der Waals surface area contributed by atoms with Gasteiger partial charge in [-0.2, -0.15) is 4.98 Å². The molecule has 5 heteroatoms. The molecular formula is C13H16N4O. The summed E-state index contributed by atoms with van der Waals surface area (Å²) in [5.41, 5.74) is 1.23. The summed E-state index contributed by atoms with van der Waals surface area (Å²) in [6.07, 6.45) is 5.99. The highest BCUT2D eigenvalue weighted by atomic mass is 16.5. The van der Waals surface area contributed by atoms with Gasteiger partial charge in [-0.25, -0.2) is 0 Å². The molecule has 0 radical (unpaired) electrons. The second kappa shape index (κ2) is 4.86. The number of nitrogens with zero attached hydrogens (tertiary/aromatic N) is 4. The summed E-state index contributed by atoms with van der Waals surface area (Å²) in [5, 5.41) is 4.05. The zero-order valence-electron chi connectivity index (χ0n) is 10.4. The Hall–Kier alpha value is -1.75. The van der Waals surface area contributed by atoms with Crippen molar-refractivity contribution in [1.29, 1.82) is 0 Å². The van der Waals surface area contributed by atoms with Gasteiger partial charge in [0.05, 0.1) is 6.04 Å². The SMILES string of the molecule is Cc1nc([C@@H]2CCCN2Cc2cccnc2)no1. The van der Waals surface area contributed by atoms with Crippen LogP contribution >= 0.6 is 0 Å². The summed E-state index contributed by atoms with van der Waals surface area (Å²) in [7, 11) is 0. The number of hydrogen-bond acceptors (Lipinski definition) is 5. The third kappa shape index (κ3) is 2.26. The summed E-state index contributed by atoms with van der Waals surface area (Å²) in [6.45, 7) is 3.80. The first-order chi connectivity index (χ1) is 8.83. The molecule has 18 heavy (non-hydrogen) atoms. The van der Waals surface area contributed by atoms with Gasteiger partial charge in [0.15, 0.2) is 5.82 Å². The van der Waals surface area contributed by atoms with Crippen LogP contribution in [0.25, 0.3) is 0 Å². The largest absolute Gasteiger partial charge is 0.340 e. The van der Waals surface area contributed by atoms with E-state index in [2.05, 4.69) is 26.1 Å². The quantitative estimate of drug-likeness (QED) is 0.827. The third-order valence-electron chi connectivity index (χ3n) is 3.31. The molecule has 1 fully saturated rings. The van der Waals surface area contributed by atoms with E-state index in [1.54, 1.807) is 6.20 Å². The van der Waals surface area contributed by atoms with Crippen molar-refractivity contribution < 1.29 is 4.52 Å². The standard InChI is InChI=1S/C13H16N4O/c1-10-15-13(16-18-10)12-5-3-7-17(12)9-11-4-2-6-14-8-11/h2,4,6,8,12H,3,5,7,9H2,1H3/t12-/m0/s1. The molecule has 5 nitrogen and oxygen atoms in total. The molecule has 0 saturated carbocycles. The van der Waals surface area contributed by atoms with Gasteiger partial charge in [0.1, 0.15) is 0 Å². The molecule has 0 unspecified atom stereocenters. The van der Waals surface area contributed by atoms with Crippen LogP contribution < -0.4 is 0 Å². The highest BCUT2D eigenvalue weighted by Gasteiger charge is 2.29. The van der Waals surface area contributed by atoms with Gasteiger partial charge in [0.2, 0.25) is 5.89 Å². The average molecular weight is 244 g/mol. The topological polar surface area (TPSA) is 55.1 Å². The Morgan fingerprint density at radius 3 is 3.17 bits per heavy atom. The molecule has 0 aromatic carbocycles. The van der Waals surface area contributed by atoms with Crippen molar-refractivity contribution in [3.63, 3.8) is 0 Å². The van der Waals surface area contributed by atoms with Crippen LogP contribution in [0.5, 0.6) is 0 Å². The maximum atomic E-state index is 5.08. The van der Waals surface area contributed by atoms with E-state index in [4.69, 9.17) is 4.52 Å². The Morgan fingerprint density at radius 1 is 1.50 bits per heavy atom. The van der Waals surface area contributed by atoms with E-state index in [0.717, 1.165) is 25.3 Å². The Kier molecular flexibility index (Phi) is 3.06. The molecule has 0 N–H and O–H groups in total. The fourth-order valence-corrected chi connectivity index (χ4v) is 2.48. The van der Waals surface area contributed by atoms with E-state index in [9.17, 15) is 0 Å². The Balaban J connectivity index is 1.75. The van der Waals surface area contributed by atoms with Crippen molar-refractivity contribution >= 4 is 0 Å². The lowest BCUT2D eigenvalue weighted by Crippen LogP contribution is -2.23. The van der Waals surface area contributed by atoms with Gasteiger partial charge in [-0.1, -0.05) is 11.2 Å². The smallest absolute Gasteiger partial charge is 0.223 e. The summed E-state index contributed by atoms with van der Waals surface area (Å²) in [6, 6.07) is 4.35. The molecular weight excluding hydrogens is 228 g/mol. The van der Waals surface area contributed by atoms with Crippen LogP contribution in [0.2, 0.25) is 0 Å². The molecule has 0 aliphatic carbocycles. The zero-order chi connectivity index (χ0) is 12.4. The molecule has 3 heterocycles. The van der Waals surface area contributed by atoms with Crippen molar-refractivity contribution in [3.8, 4) is 0 Å². The molecule has 3 rings (SSSR count). The molecule has 1 aliphatic rings. The predicted octanol–water partition coefficient (Wildman–Crippen LogP) is 2.11. The maximum Gasteiger partial charge on any atom is 0.223 e. The van der Waals surface area contributed by atoms with Crippen molar-refractivity contribution in [1.82, 2.24) is 20.0 Å². The van der Waals surface area contributed by atoms with Crippen LogP contribution in [-0.2, 0) is 6.54 Å². The molecule has 0 spiro atoms. The Morgan fingerprint density at radius 2 is 2.44 bits per heavy atom. The van der Waals surface area contributed by atoms with Crippen LogP contribution in [0.3, 0.4) is 0 Å². The van der Waals surface area contributed by atoms with Crippen LogP contribution in [0.4, 0.5) is 0 Å². The van der Waals surface area contributed by atoms with E-state index in [1.165, 1.54) is 12.0 Å². The monoisotopic (exact) mass is 244 g/mol. The first-order valence-corrected chi connectivity index (χ1v) is 6.26. The van der Waals surface area contributed by atoms with E-state index in [1.807, 2.05) is 19.2 Å². The highest BCUT2D eigenvalue weighted by molar-refractivity contribution is 5.10. The molecule has 1 aliphatic heterocycles. The lowest BCUT2D eigenvalue weighted by atomic mass is 10.2. The molecule has 1 saturated heterocycles. The fraction of sp³-hybridized carbons (Fsp3) is 0.462. The van der Waals surface area contributed by atoms with Crippen LogP contribution in [0, 0.1) is 6.92 Å². The lowest BCUT2D eigenvalue weighted by Gasteiger charge is -2.21. The number of likely N-dealkylation sites (tertiary alicyclic amines) is 1.